The van der Waals surface area contributed by atoms with Crippen LogP contribution in [0.25, 0.3) is 90.9 Å². The van der Waals surface area contributed by atoms with Crippen molar-refractivity contribution in [2.45, 2.75) is 20.8 Å². The maximum atomic E-state index is 13.2. The predicted molar refractivity (Wildman–Crippen MR) is 259 cm³/mol. The summed E-state index contributed by atoms with van der Waals surface area (Å²) in [6, 6.07) is 49.9. The molecule has 0 radical (unpaired) electrons. The average Bonchev–Trinajstić information content (AvgIpc) is 4.14. The number of aryl methyl sites for hydroxylation is 3. The van der Waals surface area contributed by atoms with Gasteiger partial charge in [-0.25, -0.2) is 9.97 Å². The highest BCUT2D eigenvalue weighted by atomic mass is 16.1. The first-order valence-corrected chi connectivity index (χ1v) is 20.8. The molecule has 0 fully saturated rings. The normalized spacial score (nSPS) is 11.8. The van der Waals surface area contributed by atoms with Gasteiger partial charge in [0, 0.05) is 68.3 Å². The molecular weight excluding hydrogens is 761 g/mol. The number of amides is 1. The van der Waals surface area contributed by atoms with Crippen LogP contribution < -0.4 is 10.6 Å². The van der Waals surface area contributed by atoms with Gasteiger partial charge in [-0.2, -0.15) is 0 Å². The average molecular weight is 805 g/mol. The van der Waals surface area contributed by atoms with Crippen molar-refractivity contribution in [2.75, 3.05) is 17.7 Å². The van der Waals surface area contributed by atoms with Crippen LogP contribution in [0.2, 0.25) is 0 Å². The molecule has 8 bridgehead atoms. The van der Waals surface area contributed by atoms with Crippen molar-refractivity contribution in [3.63, 3.8) is 0 Å². The molecule has 0 atom stereocenters. The Kier molecular flexibility index (Phi) is 9.77. The van der Waals surface area contributed by atoms with Crippen molar-refractivity contribution in [3.05, 3.63) is 191 Å². The molecule has 1 amide bonds. The van der Waals surface area contributed by atoms with Crippen molar-refractivity contribution in [3.8, 4) is 44.5 Å². The van der Waals surface area contributed by atoms with Crippen LogP contribution in [0.3, 0.4) is 0 Å². The number of nitrogens with one attached hydrogen (secondary N) is 4. The lowest BCUT2D eigenvalue weighted by atomic mass is 10.0. The minimum atomic E-state index is -0.155. The maximum absolute atomic E-state index is 13.2. The third-order valence-corrected chi connectivity index (χ3v) is 11.6. The fraction of sp³-hybridized carbons (Fsp3) is 0.0727. The van der Waals surface area contributed by atoms with Crippen molar-refractivity contribution in [1.82, 2.24) is 19.9 Å². The summed E-state index contributed by atoms with van der Waals surface area (Å²) in [6.45, 7) is 6.22. The van der Waals surface area contributed by atoms with Gasteiger partial charge in [0.1, 0.15) is 0 Å². The number of hydrogen-bond donors (Lipinski definition) is 4. The number of aromatic amines is 2. The number of carbonyl (C=O) groups is 1. The lowest BCUT2D eigenvalue weighted by Gasteiger charge is -2.09. The number of nitrogens with zero attached hydrogens (tertiary/aromatic N) is 2. The first kappa shape index (κ1) is 38.2. The Bertz CT molecular complexity index is 3200. The lowest BCUT2D eigenvalue weighted by Crippen LogP contribution is -2.11. The Morgan fingerprint density at radius 3 is 1.05 bits per heavy atom. The van der Waals surface area contributed by atoms with E-state index in [1.54, 1.807) is 0 Å². The van der Waals surface area contributed by atoms with Crippen molar-refractivity contribution >= 4 is 63.7 Å². The summed E-state index contributed by atoms with van der Waals surface area (Å²) < 4.78 is 0. The van der Waals surface area contributed by atoms with Gasteiger partial charge < -0.3 is 20.6 Å². The fourth-order valence-corrected chi connectivity index (χ4v) is 8.29. The summed E-state index contributed by atoms with van der Waals surface area (Å²) >= 11 is 0. The molecule has 0 saturated carbocycles. The Labute approximate surface area is 360 Å². The Morgan fingerprint density at radius 1 is 0.403 bits per heavy atom. The molecule has 7 nitrogen and oxygen atoms in total. The molecular formula is C55H44N6O. The lowest BCUT2D eigenvalue weighted by molar-refractivity contribution is 0.102. The summed E-state index contributed by atoms with van der Waals surface area (Å²) in [5, 5.41) is 6.33. The van der Waals surface area contributed by atoms with Crippen LogP contribution in [0, 0.1) is 20.8 Å². The molecule has 3 aromatic heterocycles. The van der Waals surface area contributed by atoms with Gasteiger partial charge in [0.05, 0.1) is 22.8 Å². The largest absolute Gasteiger partial charge is 0.388 e. The number of carbonyl (C=O) groups excluding carboxylic acids is 1. The molecule has 5 aromatic carbocycles. The highest BCUT2D eigenvalue weighted by Gasteiger charge is 2.19. The second-order valence-corrected chi connectivity index (χ2v) is 16.0. The molecule has 8 aromatic rings. The SMILES string of the molecule is CNc1ccc(-c2c3nc(c(-c4ccc(C)cc4)c4ccc([nH]4)c(-c4ccc(NC(=O)c5ccc(C)cc5)cc4)c4nc(c(-c5ccc(C)cc5)c5ccc2[nH]5)C=C4)C=C3)cc1. The van der Waals surface area contributed by atoms with E-state index in [0.29, 0.717) is 11.3 Å². The molecule has 300 valence electrons. The van der Waals surface area contributed by atoms with Crippen LogP contribution in [0.1, 0.15) is 49.8 Å². The summed E-state index contributed by atoms with van der Waals surface area (Å²) in [5.41, 5.74) is 21.0. The van der Waals surface area contributed by atoms with Gasteiger partial charge >= 0.3 is 0 Å². The van der Waals surface area contributed by atoms with Gasteiger partial charge in [0.25, 0.3) is 5.91 Å². The quantitative estimate of drug-likeness (QED) is 0.129. The third-order valence-electron chi connectivity index (χ3n) is 11.6. The van der Waals surface area contributed by atoms with E-state index in [1.165, 1.54) is 11.1 Å². The molecule has 2 aliphatic heterocycles. The third kappa shape index (κ3) is 7.30. The van der Waals surface area contributed by atoms with Gasteiger partial charge in [-0.1, -0.05) is 102 Å². The first-order chi connectivity index (χ1) is 30.3. The molecule has 0 spiro atoms. The van der Waals surface area contributed by atoms with Gasteiger partial charge in [-0.3, -0.25) is 4.79 Å². The number of hydrogen-bond acceptors (Lipinski definition) is 4. The number of rotatable bonds is 7. The van der Waals surface area contributed by atoms with Crippen LogP contribution in [0.15, 0.2) is 146 Å². The topological polar surface area (TPSA) is 98.5 Å². The van der Waals surface area contributed by atoms with Crippen molar-refractivity contribution in [2.24, 2.45) is 0 Å². The molecule has 7 heteroatoms. The molecule has 5 heterocycles. The van der Waals surface area contributed by atoms with Crippen LogP contribution >= 0.6 is 0 Å². The van der Waals surface area contributed by atoms with Crippen LogP contribution in [-0.4, -0.2) is 32.9 Å². The molecule has 0 unspecified atom stereocenters. The fourth-order valence-electron chi connectivity index (χ4n) is 8.29. The highest BCUT2D eigenvalue weighted by Crippen LogP contribution is 2.39. The van der Waals surface area contributed by atoms with Crippen molar-refractivity contribution in [1.29, 1.82) is 0 Å². The van der Waals surface area contributed by atoms with Gasteiger partial charge in [0.15, 0.2) is 0 Å². The minimum Gasteiger partial charge on any atom is -0.388 e. The first-order valence-electron chi connectivity index (χ1n) is 20.8. The Balaban J connectivity index is 1.26. The van der Waals surface area contributed by atoms with E-state index in [1.807, 2.05) is 62.5 Å². The molecule has 62 heavy (non-hydrogen) atoms. The van der Waals surface area contributed by atoms with E-state index in [0.717, 1.165) is 101 Å². The van der Waals surface area contributed by atoms with Gasteiger partial charge in [-0.15, -0.1) is 0 Å². The monoisotopic (exact) mass is 804 g/mol. The van der Waals surface area contributed by atoms with E-state index >= 15 is 0 Å². The molecule has 10 rings (SSSR count). The molecule has 4 N–H and O–H groups in total. The van der Waals surface area contributed by atoms with E-state index in [2.05, 4.69) is 156 Å². The van der Waals surface area contributed by atoms with Gasteiger partial charge in [-0.05, 0) is 128 Å². The summed E-state index contributed by atoms with van der Waals surface area (Å²) in [4.78, 5) is 31.7. The highest BCUT2D eigenvalue weighted by molar-refractivity contribution is 6.05. The number of H-pyrrole nitrogens is 2. The Hall–Kier alpha value is -8.03. The minimum absolute atomic E-state index is 0.155. The summed E-state index contributed by atoms with van der Waals surface area (Å²) in [5.74, 6) is -0.155. The second-order valence-electron chi connectivity index (χ2n) is 16.0. The van der Waals surface area contributed by atoms with E-state index in [9.17, 15) is 4.79 Å². The Morgan fingerprint density at radius 2 is 0.710 bits per heavy atom. The van der Waals surface area contributed by atoms with Crippen LogP contribution in [-0.2, 0) is 0 Å². The second kappa shape index (κ2) is 15.9. The van der Waals surface area contributed by atoms with Crippen molar-refractivity contribution < 1.29 is 4.79 Å². The van der Waals surface area contributed by atoms with E-state index in [4.69, 9.17) is 9.97 Å². The molecule has 2 aliphatic rings. The molecule has 0 aliphatic carbocycles. The number of fused-ring (bicyclic) bond motifs is 8. The van der Waals surface area contributed by atoms with Crippen LogP contribution in [0.4, 0.5) is 11.4 Å². The number of benzene rings is 5. The van der Waals surface area contributed by atoms with E-state index in [-0.39, 0.29) is 5.91 Å². The maximum Gasteiger partial charge on any atom is 0.255 e. The van der Waals surface area contributed by atoms with E-state index < -0.39 is 0 Å². The summed E-state index contributed by atoms with van der Waals surface area (Å²) in [6.07, 6.45) is 8.46. The predicted octanol–water partition coefficient (Wildman–Crippen LogP) is 13.5. The smallest absolute Gasteiger partial charge is 0.255 e. The zero-order chi connectivity index (χ0) is 42.3. The molecule has 0 saturated heterocycles. The standard InChI is InChI=1S/C55H44N6O/c1-33-5-11-36(12-6-33)51-43-25-29-47(58-43)53(38-17-21-41(56-4)22-18-38)48-30-26-44(59-48)52(37-13-7-34(2)8-14-37)46-28-32-50(61-46)54(49-31-27-45(51)60-49)39-19-23-42(24-20-39)57-55(62)40-15-9-35(3)10-16-40/h5-32,56,58,61H,1-4H3,(H,57,62). The zero-order valence-corrected chi connectivity index (χ0v) is 35.0. The zero-order valence-electron chi connectivity index (χ0n) is 35.0. The van der Waals surface area contributed by atoms with Crippen LogP contribution in [0.5, 0.6) is 0 Å². The summed E-state index contributed by atoms with van der Waals surface area (Å²) in [7, 11) is 1.93. The number of anilines is 2. The number of aromatic nitrogens is 4. The van der Waals surface area contributed by atoms with Gasteiger partial charge in [0.2, 0.25) is 0 Å².